The minimum absolute atomic E-state index is 0.553. The molecule has 0 aromatic heterocycles. The highest BCUT2D eigenvalue weighted by atomic mass is 32.2. The van der Waals surface area contributed by atoms with Crippen molar-refractivity contribution < 1.29 is 0 Å². The number of benzene rings is 2. The Kier molecular flexibility index (Phi) is 2.71. The van der Waals surface area contributed by atoms with Crippen molar-refractivity contribution in [3.8, 4) is 11.1 Å². The van der Waals surface area contributed by atoms with Crippen LogP contribution in [0.4, 0.5) is 0 Å². The highest BCUT2D eigenvalue weighted by molar-refractivity contribution is 7.99. The zero-order valence-electron chi connectivity index (χ0n) is 10.2. The molecule has 3 rings (SSSR count). The quantitative estimate of drug-likeness (QED) is 0.742. The lowest BCUT2D eigenvalue weighted by atomic mass is 9.94. The smallest absolute Gasteiger partial charge is 0.0218 e. The summed E-state index contributed by atoms with van der Waals surface area (Å²) in [7, 11) is 0. The molecule has 0 N–H and O–H groups in total. The SMILES string of the molecule is CSC(C)C1c2ccccc2-c2ccccc21. The van der Waals surface area contributed by atoms with Gasteiger partial charge in [0.25, 0.3) is 0 Å². The molecule has 0 saturated heterocycles. The first-order valence-electron chi connectivity index (χ1n) is 6.04. The summed E-state index contributed by atoms with van der Waals surface area (Å²) in [6.45, 7) is 2.33. The lowest BCUT2D eigenvalue weighted by Crippen LogP contribution is -2.10. The second kappa shape index (κ2) is 4.23. The van der Waals surface area contributed by atoms with Crippen molar-refractivity contribution in [2.45, 2.75) is 18.1 Å². The zero-order chi connectivity index (χ0) is 11.8. The third kappa shape index (κ3) is 1.61. The molecule has 0 nitrogen and oxygen atoms in total. The topological polar surface area (TPSA) is 0 Å². The fourth-order valence-electron chi connectivity index (χ4n) is 2.84. The molecule has 17 heavy (non-hydrogen) atoms. The second-order valence-corrected chi connectivity index (χ2v) is 5.81. The van der Waals surface area contributed by atoms with Crippen molar-refractivity contribution in [1.82, 2.24) is 0 Å². The summed E-state index contributed by atoms with van der Waals surface area (Å²) in [5.74, 6) is 0.553. The largest absolute Gasteiger partial charge is 0.161 e. The number of fused-ring (bicyclic) bond motifs is 3. The van der Waals surface area contributed by atoms with Crippen LogP contribution in [-0.4, -0.2) is 11.5 Å². The van der Waals surface area contributed by atoms with Gasteiger partial charge in [0.15, 0.2) is 0 Å². The fraction of sp³-hybridized carbons (Fsp3) is 0.250. The first kappa shape index (κ1) is 10.9. The van der Waals surface area contributed by atoms with Crippen LogP contribution in [0.2, 0.25) is 0 Å². The van der Waals surface area contributed by atoms with Crippen molar-refractivity contribution in [1.29, 1.82) is 0 Å². The Hall–Kier alpha value is -1.21. The van der Waals surface area contributed by atoms with Gasteiger partial charge in [0.2, 0.25) is 0 Å². The van der Waals surface area contributed by atoms with Gasteiger partial charge in [-0.25, -0.2) is 0 Å². The molecule has 0 saturated carbocycles. The molecule has 1 heteroatoms. The summed E-state index contributed by atoms with van der Waals surface area (Å²) in [6, 6.07) is 17.7. The van der Waals surface area contributed by atoms with E-state index >= 15 is 0 Å². The van der Waals surface area contributed by atoms with Gasteiger partial charge in [-0.1, -0.05) is 55.5 Å². The molecule has 0 radical (unpaired) electrons. The van der Waals surface area contributed by atoms with Crippen LogP contribution in [0.25, 0.3) is 11.1 Å². The van der Waals surface area contributed by atoms with E-state index in [0.717, 1.165) is 0 Å². The van der Waals surface area contributed by atoms with Gasteiger partial charge in [0, 0.05) is 11.2 Å². The van der Waals surface area contributed by atoms with Crippen LogP contribution in [0.3, 0.4) is 0 Å². The Labute approximate surface area is 107 Å². The number of hydrogen-bond acceptors (Lipinski definition) is 1. The Morgan fingerprint density at radius 1 is 0.882 bits per heavy atom. The molecule has 0 spiro atoms. The number of hydrogen-bond donors (Lipinski definition) is 0. The predicted octanol–water partition coefficient (Wildman–Crippen LogP) is 4.55. The maximum atomic E-state index is 2.33. The minimum atomic E-state index is 0.553. The van der Waals surface area contributed by atoms with E-state index in [4.69, 9.17) is 0 Å². The maximum Gasteiger partial charge on any atom is 0.0218 e. The summed E-state index contributed by atoms with van der Waals surface area (Å²) in [5.41, 5.74) is 5.84. The van der Waals surface area contributed by atoms with E-state index in [9.17, 15) is 0 Å². The van der Waals surface area contributed by atoms with Gasteiger partial charge in [-0.05, 0) is 28.5 Å². The molecule has 0 heterocycles. The third-order valence-corrected chi connectivity index (χ3v) is 4.74. The Morgan fingerprint density at radius 3 is 1.82 bits per heavy atom. The summed E-state index contributed by atoms with van der Waals surface area (Å²) in [4.78, 5) is 0. The molecule has 1 unspecified atom stereocenters. The normalized spacial score (nSPS) is 15.4. The molecule has 1 aliphatic carbocycles. The van der Waals surface area contributed by atoms with Gasteiger partial charge < -0.3 is 0 Å². The average molecular weight is 240 g/mol. The van der Waals surface area contributed by atoms with Gasteiger partial charge in [0.1, 0.15) is 0 Å². The summed E-state index contributed by atoms with van der Waals surface area (Å²) in [5, 5.41) is 0.625. The standard InChI is InChI=1S/C16H16S/c1-11(17-2)16-14-9-5-3-7-12(14)13-8-4-6-10-15(13)16/h3-11,16H,1-2H3. The van der Waals surface area contributed by atoms with Gasteiger partial charge in [-0.2, -0.15) is 11.8 Å². The van der Waals surface area contributed by atoms with Crippen LogP contribution in [0.15, 0.2) is 48.5 Å². The Morgan fingerprint density at radius 2 is 1.35 bits per heavy atom. The summed E-state index contributed by atoms with van der Waals surface area (Å²) in [6.07, 6.45) is 2.20. The van der Waals surface area contributed by atoms with Crippen molar-refractivity contribution >= 4 is 11.8 Å². The minimum Gasteiger partial charge on any atom is -0.161 e. The first-order chi connectivity index (χ1) is 8.33. The molecule has 1 aliphatic rings. The van der Waals surface area contributed by atoms with E-state index in [-0.39, 0.29) is 0 Å². The van der Waals surface area contributed by atoms with Crippen molar-refractivity contribution in [2.75, 3.05) is 6.26 Å². The van der Waals surface area contributed by atoms with Crippen LogP contribution in [0.1, 0.15) is 24.0 Å². The summed E-state index contributed by atoms with van der Waals surface area (Å²) >= 11 is 1.95. The molecule has 2 aromatic carbocycles. The average Bonchev–Trinajstić information content (AvgIpc) is 2.72. The van der Waals surface area contributed by atoms with E-state index in [1.54, 1.807) is 0 Å². The first-order valence-corrected chi connectivity index (χ1v) is 7.32. The van der Waals surface area contributed by atoms with Crippen molar-refractivity contribution in [3.05, 3.63) is 59.7 Å². The molecular weight excluding hydrogens is 224 g/mol. The zero-order valence-corrected chi connectivity index (χ0v) is 11.0. The van der Waals surface area contributed by atoms with E-state index in [1.807, 2.05) is 11.8 Å². The molecule has 0 aliphatic heterocycles. The lowest BCUT2D eigenvalue weighted by molar-refractivity contribution is 0.818. The van der Waals surface area contributed by atoms with Crippen molar-refractivity contribution in [2.24, 2.45) is 0 Å². The van der Waals surface area contributed by atoms with Crippen LogP contribution >= 0.6 is 11.8 Å². The molecule has 1 atom stereocenters. The molecule has 0 amide bonds. The molecule has 0 bridgehead atoms. The Bertz CT molecular complexity index is 499. The van der Waals surface area contributed by atoms with E-state index in [1.165, 1.54) is 22.3 Å². The highest BCUT2D eigenvalue weighted by Crippen LogP contribution is 2.48. The van der Waals surface area contributed by atoms with Crippen molar-refractivity contribution in [3.63, 3.8) is 0 Å². The lowest BCUT2D eigenvalue weighted by Gasteiger charge is -2.19. The fourth-order valence-corrected chi connectivity index (χ4v) is 3.40. The Balaban J connectivity index is 2.23. The highest BCUT2D eigenvalue weighted by Gasteiger charge is 2.31. The van der Waals surface area contributed by atoms with Gasteiger partial charge in [-0.3, -0.25) is 0 Å². The second-order valence-electron chi connectivity index (χ2n) is 4.59. The molecule has 86 valence electrons. The third-order valence-electron chi connectivity index (χ3n) is 3.72. The van der Waals surface area contributed by atoms with Crippen LogP contribution in [-0.2, 0) is 0 Å². The van der Waals surface area contributed by atoms with E-state index in [2.05, 4.69) is 61.7 Å². The molecule has 0 fully saturated rings. The van der Waals surface area contributed by atoms with Crippen LogP contribution in [0.5, 0.6) is 0 Å². The maximum absolute atomic E-state index is 2.33. The van der Waals surface area contributed by atoms with Gasteiger partial charge in [0.05, 0.1) is 0 Å². The van der Waals surface area contributed by atoms with E-state index < -0.39 is 0 Å². The molecule has 2 aromatic rings. The predicted molar refractivity (Wildman–Crippen MR) is 76.7 cm³/mol. The van der Waals surface area contributed by atoms with Gasteiger partial charge >= 0.3 is 0 Å². The number of thioether (sulfide) groups is 1. The molecular formula is C16H16S. The van der Waals surface area contributed by atoms with Gasteiger partial charge in [-0.15, -0.1) is 0 Å². The van der Waals surface area contributed by atoms with Crippen LogP contribution < -0.4 is 0 Å². The summed E-state index contributed by atoms with van der Waals surface area (Å²) < 4.78 is 0. The number of rotatable bonds is 2. The van der Waals surface area contributed by atoms with Crippen LogP contribution in [0, 0.1) is 0 Å². The monoisotopic (exact) mass is 240 g/mol. The van der Waals surface area contributed by atoms with E-state index in [0.29, 0.717) is 11.2 Å².